The third kappa shape index (κ3) is 4.68. The van der Waals surface area contributed by atoms with Crippen LogP contribution in [0.1, 0.15) is 5.56 Å². The number of nitrogens with two attached hydrogens (primary N) is 1. The van der Waals surface area contributed by atoms with Gasteiger partial charge in [0.15, 0.2) is 0 Å². The van der Waals surface area contributed by atoms with Crippen LogP contribution >= 0.6 is 11.6 Å². The molecule has 33 heavy (non-hydrogen) atoms. The molecular weight excluding hydrogens is 450 g/mol. The topological polar surface area (TPSA) is 98.2 Å². The van der Waals surface area contributed by atoms with Crippen LogP contribution in [-0.4, -0.2) is 41.0 Å². The highest BCUT2D eigenvalue weighted by atomic mass is 35.5. The van der Waals surface area contributed by atoms with Crippen LogP contribution in [0.25, 0.3) is 27.8 Å². The summed E-state index contributed by atoms with van der Waals surface area (Å²) in [7, 11) is 1.62. The minimum Gasteiger partial charge on any atom is -0.398 e. The number of rotatable bonds is 6. The van der Waals surface area contributed by atoms with Crippen LogP contribution in [0.3, 0.4) is 0 Å². The normalized spacial score (nSPS) is 11.5. The minimum absolute atomic E-state index is 0.214. The number of halogens is 3. The Labute approximate surface area is 192 Å². The molecule has 2 aromatic carbocycles. The van der Waals surface area contributed by atoms with Crippen LogP contribution in [0, 0.1) is 0 Å². The zero-order valence-corrected chi connectivity index (χ0v) is 18.2. The lowest BCUT2D eigenvalue weighted by Crippen LogP contribution is -2.24. The van der Waals surface area contributed by atoms with Crippen molar-refractivity contribution >= 4 is 40.4 Å². The van der Waals surface area contributed by atoms with E-state index in [9.17, 15) is 13.6 Å². The molecule has 0 bridgehead atoms. The van der Waals surface area contributed by atoms with Crippen molar-refractivity contribution in [1.82, 2.24) is 14.8 Å². The summed E-state index contributed by atoms with van der Waals surface area (Å²) in [6.07, 6.45) is -0.955. The first-order valence-electron chi connectivity index (χ1n) is 9.91. The number of benzene rings is 2. The summed E-state index contributed by atoms with van der Waals surface area (Å²) in [6, 6.07) is 14.9. The zero-order valence-electron chi connectivity index (χ0n) is 17.5. The fourth-order valence-corrected chi connectivity index (χ4v) is 3.48. The Kier molecular flexibility index (Phi) is 6.32. The first kappa shape index (κ1) is 22.3. The number of pyridine rings is 1. The number of fused-ring (bicyclic) bond motifs is 1. The summed E-state index contributed by atoms with van der Waals surface area (Å²) < 4.78 is 26.6. The zero-order chi connectivity index (χ0) is 23.5. The molecule has 0 saturated carbocycles. The smallest absolute Gasteiger partial charge is 0.281 e. The number of hydrogen-bond donors (Lipinski definition) is 2. The van der Waals surface area contributed by atoms with E-state index in [-0.39, 0.29) is 16.9 Å². The minimum atomic E-state index is -2.55. The molecule has 10 heteroatoms. The van der Waals surface area contributed by atoms with E-state index in [0.717, 1.165) is 0 Å². The number of aliphatic imine (C=N–C) groups is 1. The number of nitrogens with one attached hydrogen (secondary N) is 1. The molecule has 2 aromatic heterocycles. The van der Waals surface area contributed by atoms with Gasteiger partial charge in [-0.15, -0.1) is 0 Å². The van der Waals surface area contributed by atoms with Crippen molar-refractivity contribution in [3.05, 3.63) is 75.5 Å². The molecule has 4 aromatic rings. The van der Waals surface area contributed by atoms with E-state index in [1.165, 1.54) is 10.7 Å². The number of alkyl halides is 2. The molecule has 0 spiro atoms. The van der Waals surface area contributed by atoms with E-state index in [1.807, 2.05) is 0 Å². The maximum absolute atomic E-state index is 13.6. The molecule has 7 nitrogen and oxygen atoms in total. The first-order chi connectivity index (χ1) is 15.9. The van der Waals surface area contributed by atoms with Gasteiger partial charge in [0.1, 0.15) is 16.9 Å². The molecule has 168 valence electrons. The quantitative estimate of drug-likeness (QED) is 0.322. The highest BCUT2D eigenvalue weighted by Crippen LogP contribution is 2.26. The van der Waals surface area contributed by atoms with Crippen LogP contribution in [0.15, 0.2) is 64.4 Å². The van der Waals surface area contributed by atoms with Gasteiger partial charge in [0, 0.05) is 29.5 Å². The third-order valence-electron chi connectivity index (χ3n) is 4.88. The Bertz CT molecular complexity index is 1400. The highest BCUT2D eigenvalue weighted by Gasteiger charge is 2.17. The van der Waals surface area contributed by atoms with Gasteiger partial charge in [0.25, 0.3) is 12.0 Å². The van der Waals surface area contributed by atoms with Gasteiger partial charge < -0.3 is 11.1 Å². The summed E-state index contributed by atoms with van der Waals surface area (Å²) in [5.74, 6) is 0.214. The van der Waals surface area contributed by atoms with Crippen molar-refractivity contribution in [1.29, 1.82) is 0 Å². The second-order valence-corrected chi connectivity index (χ2v) is 7.57. The largest absolute Gasteiger partial charge is 0.398 e. The van der Waals surface area contributed by atoms with Gasteiger partial charge in [-0.1, -0.05) is 23.7 Å². The molecule has 3 N–H and O–H groups in total. The molecule has 0 amide bonds. The van der Waals surface area contributed by atoms with Gasteiger partial charge >= 0.3 is 0 Å². The van der Waals surface area contributed by atoms with Crippen LogP contribution in [0.5, 0.6) is 0 Å². The number of hydrogen-bond acceptors (Lipinski definition) is 6. The van der Waals surface area contributed by atoms with Crippen molar-refractivity contribution in [3.8, 4) is 16.8 Å². The standard InChI is InChI=1S/C23H19ClF2N6O/c1-28-11-14-10-16(6-7-17(14)27)32-23(33)21(13-2-4-15(24)5-3-13)22-18(31-32)8-9-20(30-22)29-12-19(25)26/h2-11,19H,12,27H2,1H3,(H,29,30). The van der Waals surface area contributed by atoms with Crippen molar-refractivity contribution in [2.24, 2.45) is 4.99 Å². The maximum Gasteiger partial charge on any atom is 0.281 e. The predicted molar refractivity (Wildman–Crippen MR) is 128 cm³/mol. The molecule has 0 aliphatic carbocycles. The van der Waals surface area contributed by atoms with Gasteiger partial charge in [-0.05, 0) is 48.0 Å². The summed E-state index contributed by atoms with van der Waals surface area (Å²) in [5.41, 5.74) is 8.72. The summed E-state index contributed by atoms with van der Waals surface area (Å²) in [5, 5.41) is 7.55. The Hall–Kier alpha value is -3.85. The average molecular weight is 469 g/mol. The van der Waals surface area contributed by atoms with Crippen molar-refractivity contribution in [3.63, 3.8) is 0 Å². The van der Waals surface area contributed by atoms with Gasteiger partial charge in [-0.25, -0.2) is 13.8 Å². The van der Waals surface area contributed by atoms with E-state index in [4.69, 9.17) is 17.3 Å². The highest BCUT2D eigenvalue weighted by molar-refractivity contribution is 6.30. The number of aromatic nitrogens is 3. The Balaban J connectivity index is 1.98. The van der Waals surface area contributed by atoms with Crippen LogP contribution in [-0.2, 0) is 0 Å². The summed E-state index contributed by atoms with van der Waals surface area (Å²) in [4.78, 5) is 22.0. The second kappa shape index (κ2) is 9.33. The van der Waals surface area contributed by atoms with Crippen LogP contribution in [0.2, 0.25) is 5.02 Å². The molecule has 0 saturated heterocycles. The average Bonchev–Trinajstić information content (AvgIpc) is 2.80. The lowest BCUT2D eigenvalue weighted by Gasteiger charge is -2.13. The first-order valence-corrected chi connectivity index (χ1v) is 10.3. The van der Waals surface area contributed by atoms with E-state index in [1.54, 1.807) is 61.8 Å². The van der Waals surface area contributed by atoms with Crippen molar-refractivity contribution < 1.29 is 8.78 Å². The van der Waals surface area contributed by atoms with Gasteiger partial charge in [0.05, 0.1) is 17.8 Å². The molecule has 4 rings (SSSR count). The summed E-state index contributed by atoms with van der Waals surface area (Å²) >= 11 is 6.03. The van der Waals surface area contributed by atoms with Crippen molar-refractivity contribution in [2.75, 3.05) is 24.6 Å². The Morgan fingerprint density at radius 2 is 1.94 bits per heavy atom. The maximum atomic E-state index is 13.6. The van der Waals surface area contributed by atoms with Crippen LogP contribution < -0.4 is 16.6 Å². The van der Waals surface area contributed by atoms with Crippen molar-refractivity contribution in [2.45, 2.75) is 6.43 Å². The SMILES string of the molecule is CN=Cc1cc(-n2nc3ccc(NCC(F)F)nc3c(-c3ccc(Cl)cc3)c2=O)ccc1N. The monoisotopic (exact) mass is 468 g/mol. The second-order valence-electron chi connectivity index (χ2n) is 7.14. The fourth-order valence-electron chi connectivity index (χ4n) is 3.35. The molecule has 0 unspecified atom stereocenters. The van der Waals surface area contributed by atoms with E-state index >= 15 is 0 Å². The fraction of sp³-hybridized carbons (Fsp3) is 0.130. The third-order valence-corrected chi connectivity index (χ3v) is 5.13. The summed E-state index contributed by atoms with van der Waals surface area (Å²) in [6.45, 7) is -0.563. The Morgan fingerprint density at radius 3 is 2.64 bits per heavy atom. The number of nitrogen functional groups attached to an aromatic ring is 1. The molecule has 0 aliphatic heterocycles. The molecule has 0 radical (unpaired) electrons. The van der Waals surface area contributed by atoms with E-state index in [0.29, 0.717) is 33.0 Å². The van der Waals surface area contributed by atoms with Crippen LogP contribution in [0.4, 0.5) is 20.3 Å². The molecule has 0 aliphatic rings. The van der Waals surface area contributed by atoms with Gasteiger partial charge in [-0.2, -0.15) is 9.78 Å². The van der Waals surface area contributed by atoms with E-state index < -0.39 is 18.5 Å². The molecular formula is C23H19ClF2N6O. The van der Waals surface area contributed by atoms with E-state index in [2.05, 4.69) is 20.4 Å². The lowest BCUT2D eigenvalue weighted by atomic mass is 10.1. The van der Waals surface area contributed by atoms with Gasteiger partial charge in [0.2, 0.25) is 0 Å². The molecule has 0 fully saturated rings. The van der Waals surface area contributed by atoms with Gasteiger partial charge in [-0.3, -0.25) is 9.79 Å². The predicted octanol–water partition coefficient (Wildman–Crippen LogP) is 4.41. The number of anilines is 2. The Morgan fingerprint density at radius 1 is 1.18 bits per heavy atom. The molecule has 2 heterocycles. The lowest BCUT2D eigenvalue weighted by molar-refractivity contribution is 0.163. The number of nitrogens with zero attached hydrogens (tertiary/aromatic N) is 4. The molecule has 0 atom stereocenters.